The molecular formula is C16H22O3. The predicted molar refractivity (Wildman–Crippen MR) is 73.7 cm³/mol. The lowest BCUT2D eigenvalue weighted by molar-refractivity contribution is -0.160. The summed E-state index contributed by atoms with van der Waals surface area (Å²) in [5, 5.41) is 9.08. The Labute approximate surface area is 114 Å². The maximum Gasteiger partial charge on any atom is 0.307 e. The molecule has 3 heteroatoms. The average Bonchev–Trinajstić information content (AvgIpc) is 2.37. The Morgan fingerprint density at radius 1 is 1.37 bits per heavy atom. The van der Waals surface area contributed by atoms with E-state index in [-0.39, 0.29) is 11.3 Å². The smallest absolute Gasteiger partial charge is 0.307 e. The van der Waals surface area contributed by atoms with Crippen molar-refractivity contribution in [2.45, 2.75) is 33.3 Å². The molecule has 0 unspecified atom stereocenters. The molecule has 2 rings (SSSR count). The molecule has 1 N–H and O–H groups in total. The number of aliphatic carboxylic acids is 1. The van der Waals surface area contributed by atoms with Gasteiger partial charge in [-0.2, -0.15) is 0 Å². The Kier molecular flexibility index (Phi) is 4.25. The maximum absolute atomic E-state index is 11.0. The normalized spacial score (nSPS) is 24.7. The van der Waals surface area contributed by atoms with Gasteiger partial charge in [-0.15, -0.1) is 0 Å². The first-order valence-electron chi connectivity index (χ1n) is 6.86. The molecule has 104 valence electrons. The van der Waals surface area contributed by atoms with Gasteiger partial charge in [0.1, 0.15) is 0 Å². The lowest BCUT2D eigenvalue weighted by Crippen LogP contribution is -2.49. The second-order valence-electron chi connectivity index (χ2n) is 5.97. The van der Waals surface area contributed by atoms with Crippen molar-refractivity contribution in [3.63, 3.8) is 0 Å². The zero-order valence-corrected chi connectivity index (χ0v) is 11.6. The van der Waals surface area contributed by atoms with E-state index in [1.807, 2.05) is 30.3 Å². The summed E-state index contributed by atoms with van der Waals surface area (Å²) in [7, 11) is 0. The number of hydrogen-bond donors (Lipinski definition) is 1. The molecule has 1 aliphatic carbocycles. The van der Waals surface area contributed by atoms with Crippen LogP contribution in [0.25, 0.3) is 0 Å². The standard InChI is InChI=1S/C16H22O3/c1-16(2)13(10-14(16)15(17)18)8-9-19-11-12-6-4-3-5-7-12/h3-7,13-14H,8-11H2,1-2H3,(H,17,18)/t13-,14-/m0/s1. The SMILES string of the molecule is CC1(C)[C@@H](CCOCc2ccccc2)C[C@H]1C(=O)O. The first-order chi connectivity index (χ1) is 9.01. The molecule has 2 atom stereocenters. The summed E-state index contributed by atoms with van der Waals surface area (Å²) in [6.07, 6.45) is 1.74. The van der Waals surface area contributed by atoms with Crippen LogP contribution in [0.5, 0.6) is 0 Å². The summed E-state index contributed by atoms with van der Waals surface area (Å²) < 4.78 is 5.67. The van der Waals surface area contributed by atoms with Crippen molar-refractivity contribution < 1.29 is 14.6 Å². The van der Waals surface area contributed by atoms with E-state index < -0.39 is 5.97 Å². The van der Waals surface area contributed by atoms with Crippen molar-refractivity contribution in [1.29, 1.82) is 0 Å². The van der Waals surface area contributed by atoms with Gasteiger partial charge in [0, 0.05) is 6.61 Å². The third-order valence-electron chi connectivity index (χ3n) is 4.49. The predicted octanol–water partition coefficient (Wildman–Crippen LogP) is 3.34. The summed E-state index contributed by atoms with van der Waals surface area (Å²) in [5.41, 5.74) is 1.08. The van der Waals surface area contributed by atoms with Crippen LogP contribution in [0.2, 0.25) is 0 Å². The third kappa shape index (κ3) is 3.16. The number of carboxylic acids is 1. The molecule has 1 fully saturated rings. The van der Waals surface area contributed by atoms with Crippen LogP contribution in [0.4, 0.5) is 0 Å². The van der Waals surface area contributed by atoms with Crippen molar-refractivity contribution in [2.24, 2.45) is 17.3 Å². The summed E-state index contributed by atoms with van der Waals surface area (Å²) in [5.74, 6) is -0.387. The highest BCUT2D eigenvalue weighted by molar-refractivity contribution is 5.72. The van der Waals surface area contributed by atoms with Crippen LogP contribution in [0.3, 0.4) is 0 Å². The van der Waals surface area contributed by atoms with Crippen LogP contribution in [0.15, 0.2) is 30.3 Å². The van der Waals surface area contributed by atoms with E-state index in [9.17, 15) is 4.79 Å². The monoisotopic (exact) mass is 262 g/mol. The second-order valence-corrected chi connectivity index (χ2v) is 5.97. The summed E-state index contributed by atoms with van der Waals surface area (Å²) in [6, 6.07) is 10.1. The molecule has 0 spiro atoms. The number of rotatable bonds is 6. The van der Waals surface area contributed by atoms with Crippen molar-refractivity contribution in [3.8, 4) is 0 Å². The highest BCUT2D eigenvalue weighted by Gasteiger charge is 2.51. The molecule has 1 saturated carbocycles. The minimum atomic E-state index is -0.661. The lowest BCUT2D eigenvalue weighted by Gasteiger charge is -2.50. The number of carbonyl (C=O) groups is 1. The van der Waals surface area contributed by atoms with E-state index >= 15 is 0 Å². The number of hydrogen-bond acceptors (Lipinski definition) is 2. The fourth-order valence-electron chi connectivity index (χ4n) is 2.91. The van der Waals surface area contributed by atoms with Gasteiger partial charge in [-0.05, 0) is 29.7 Å². The molecule has 0 amide bonds. The Balaban J connectivity index is 1.69. The van der Waals surface area contributed by atoms with Gasteiger partial charge in [0.05, 0.1) is 12.5 Å². The largest absolute Gasteiger partial charge is 0.481 e. The van der Waals surface area contributed by atoms with Gasteiger partial charge in [0.25, 0.3) is 0 Å². The Bertz CT molecular complexity index is 425. The fourth-order valence-corrected chi connectivity index (χ4v) is 2.91. The Hall–Kier alpha value is -1.35. The summed E-state index contributed by atoms with van der Waals surface area (Å²) in [6.45, 7) is 5.44. The summed E-state index contributed by atoms with van der Waals surface area (Å²) in [4.78, 5) is 11.0. The van der Waals surface area contributed by atoms with Crippen LogP contribution >= 0.6 is 0 Å². The molecule has 3 nitrogen and oxygen atoms in total. The van der Waals surface area contributed by atoms with Gasteiger partial charge in [-0.1, -0.05) is 44.2 Å². The zero-order chi connectivity index (χ0) is 13.9. The van der Waals surface area contributed by atoms with Crippen LogP contribution in [-0.2, 0) is 16.1 Å². The van der Waals surface area contributed by atoms with Gasteiger partial charge < -0.3 is 9.84 Å². The molecule has 0 radical (unpaired) electrons. The number of carboxylic acid groups (broad SMARTS) is 1. The molecule has 1 aromatic rings. The average molecular weight is 262 g/mol. The topological polar surface area (TPSA) is 46.5 Å². The molecule has 0 saturated heterocycles. The van der Waals surface area contributed by atoms with E-state index in [0.717, 1.165) is 12.8 Å². The molecule has 0 heterocycles. The summed E-state index contributed by atoms with van der Waals surface area (Å²) >= 11 is 0. The Morgan fingerprint density at radius 2 is 2.05 bits per heavy atom. The van der Waals surface area contributed by atoms with E-state index in [4.69, 9.17) is 9.84 Å². The molecular weight excluding hydrogens is 240 g/mol. The molecule has 0 aliphatic heterocycles. The van der Waals surface area contributed by atoms with Crippen molar-refractivity contribution in [3.05, 3.63) is 35.9 Å². The minimum Gasteiger partial charge on any atom is -0.481 e. The minimum absolute atomic E-state index is 0.0953. The van der Waals surface area contributed by atoms with Gasteiger partial charge in [0.2, 0.25) is 0 Å². The Morgan fingerprint density at radius 3 is 2.63 bits per heavy atom. The number of ether oxygens (including phenoxy) is 1. The molecule has 0 aromatic heterocycles. The fraction of sp³-hybridized carbons (Fsp3) is 0.562. The van der Waals surface area contributed by atoms with E-state index in [2.05, 4.69) is 13.8 Å². The number of benzene rings is 1. The van der Waals surface area contributed by atoms with Crippen LogP contribution < -0.4 is 0 Å². The van der Waals surface area contributed by atoms with E-state index in [1.54, 1.807) is 0 Å². The van der Waals surface area contributed by atoms with E-state index in [1.165, 1.54) is 5.56 Å². The highest BCUT2D eigenvalue weighted by atomic mass is 16.5. The van der Waals surface area contributed by atoms with Crippen LogP contribution in [-0.4, -0.2) is 17.7 Å². The quantitative estimate of drug-likeness (QED) is 0.800. The first kappa shape index (κ1) is 14.1. The van der Waals surface area contributed by atoms with Crippen LogP contribution in [0, 0.1) is 17.3 Å². The third-order valence-corrected chi connectivity index (χ3v) is 4.49. The first-order valence-corrected chi connectivity index (χ1v) is 6.86. The van der Waals surface area contributed by atoms with Crippen molar-refractivity contribution in [2.75, 3.05) is 6.61 Å². The van der Waals surface area contributed by atoms with Crippen molar-refractivity contribution >= 4 is 5.97 Å². The van der Waals surface area contributed by atoms with Crippen molar-refractivity contribution in [1.82, 2.24) is 0 Å². The highest BCUT2D eigenvalue weighted by Crippen LogP contribution is 2.52. The zero-order valence-electron chi connectivity index (χ0n) is 11.6. The van der Waals surface area contributed by atoms with E-state index in [0.29, 0.717) is 19.1 Å². The molecule has 1 aromatic carbocycles. The van der Waals surface area contributed by atoms with Gasteiger partial charge >= 0.3 is 5.97 Å². The molecule has 1 aliphatic rings. The lowest BCUT2D eigenvalue weighted by atomic mass is 9.54. The van der Waals surface area contributed by atoms with Gasteiger partial charge in [0.15, 0.2) is 0 Å². The molecule has 0 bridgehead atoms. The molecule has 19 heavy (non-hydrogen) atoms. The maximum atomic E-state index is 11.0. The van der Waals surface area contributed by atoms with Gasteiger partial charge in [-0.3, -0.25) is 4.79 Å². The van der Waals surface area contributed by atoms with Gasteiger partial charge in [-0.25, -0.2) is 0 Å². The second kappa shape index (κ2) is 5.74. The van der Waals surface area contributed by atoms with Crippen LogP contribution in [0.1, 0.15) is 32.3 Å².